The molecule has 12 heteroatoms. The lowest BCUT2D eigenvalue weighted by Crippen LogP contribution is -2.48. The summed E-state index contributed by atoms with van der Waals surface area (Å²) < 4.78 is 0. The molecular weight excluding hydrogens is 492 g/mol. The first kappa shape index (κ1) is 25.0. The van der Waals surface area contributed by atoms with Gasteiger partial charge >= 0.3 is 6.03 Å². The summed E-state index contributed by atoms with van der Waals surface area (Å²) in [6.45, 7) is 2.48. The quantitative estimate of drug-likeness (QED) is 0.548. The smallest absolute Gasteiger partial charge is 0.328 e. The van der Waals surface area contributed by atoms with Crippen LogP contribution in [0.2, 0.25) is 0 Å². The summed E-state index contributed by atoms with van der Waals surface area (Å²) in [5.74, 6) is 2.72. The van der Waals surface area contributed by atoms with Gasteiger partial charge in [0.05, 0.1) is 17.8 Å². The second-order valence-electron chi connectivity index (χ2n) is 9.48. The molecule has 3 aliphatic rings. The Labute approximate surface area is 219 Å². The summed E-state index contributed by atoms with van der Waals surface area (Å²) in [7, 11) is 1.91. The van der Waals surface area contributed by atoms with E-state index in [0.717, 1.165) is 36.5 Å². The van der Waals surface area contributed by atoms with Crippen molar-refractivity contribution in [3.63, 3.8) is 0 Å². The first-order valence-electron chi connectivity index (χ1n) is 12.2. The molecule has 0 radical (unpaired) electrons. The van der Waals surface area contributed by atoms with E-state index in [1.54, 1.807) is 11.0 Å². The number of hydrogen-bond acceptors (Lipinski definition) is 9. The number of aromatic nitrogens is 2. The number of carbonyl (C=O) groups excluding carboxylic acids is 3. The lowest BCUT2D eigenvalue weighted by Gasteiger charge is -2.33. The molecule has 5 heterocycles. The third kappa shape index (κ3) is 5.38. The zero-order valence-electron chi connectivity index (χ0n) is 20.6. The summed E-state index contributed by atoms with van der Waals surface area (Å²) >= 11 is 1.83. The van der Waals surface area contributed by atoms with Crippen molar-refractivity contribution in [2.75, 3.05) is 60.3 Å². The number of amides is 3. The van der Waals surface area contributed by atoms with Gasteiger partial charge < -0.3 is 10.2 Å². The van der Waals surface area contributed by atoms with Crippen molar-refractivity contribution >= 4 is 47.3 Å². The maximum Gasteiger partial charge on any atom is 0.328 e. The number of nitriles is 1. The van der Waals surface area contributed by atoms with E-state index in [2.05, 4.69) is 26.7 Å². The highest BCUT2D eigenvalue weighted by molar-refractivity contribution is 8.00. The number of thioether (sulfide) groups is 1. The lowest BCUT2D eigenvalue weighted by atomic mass is 10.0. The average Bonchev–Trinajstić information content (AvgIpc) is 2.87. The molecule has 2 aromatic rings. The number of nitrogens with zero attached hydrogens (tertiary/aromatic N) is 6. The number of aldehydes is 1. The monoisotopic (exact) mass is 520 g/mol. The molecule has 2 fully saturated rings. The summed E-state index contributed by atoms with van der Waals surface area (Å²) in [5.41, 5.74) is 2.84. The third-order valence-electron chi connectivity index (χ3n) is 6.76. The van der Waals surface area contributed by atoms with Crippen molar-refractivity contribution in [3.05, 3.63) is 40.7 Å². The largest absolute Gasteiger partial charge is 0.379 e. The molecule has 11 nitrogen and oxygen atoms in total. The molecule has 0 saturated carbocycles. The van der Waals surface area contributed by atoms with Crippen molar-refractivity contribution in [2.45, 2.75) is 25.4 Å². The number of hydrogen-bond donors (Lipinski definition) is 2. The molecule has 37 heavy (non-hydrogen) atoms. The van der Waals surface area contributed by atoms with Crippen LogP contribution < -0.4 is 15.5 Å². The SMILES string of the molecule is CN1CCN(Cc2cc3c(nc2C=O)N(C(=O)Nc2cc(NC4CSC4)c(C#N)cn2)CCC3)C(=O)C1. The van der Waals surface area contributed by atoms with E-state index >= 15 is 0 Å². The second-order valence-corrected chi connectivity index (χ2v) is 10.6. The van der Waals surface area contributed by atoms with Gasteiger partial charge in [0.25, 0.3) is 0 Å². The van der Waals surface area contributed by atoms with Crippen LogP contribution in [0.15, 0.2) is 18.3 Å². The van der Waals surface area contributed by atoms with Crippen LogP contribution in [-0.4, -0.2) is 88.8 Å². The Morgan fingerprint density at radius 2 is 2.14 bits per heavy atom. The minimum atomic E-state index is -0.408. The Bertz CT molecular complexity index is 1280. The normalized spacial score (nSPS) is 18.0. The van der Waals surface area contributed by atoms with Gasteiger partial charge in [-0.25, -0.2) is 14.8 Å². The van der Waals surface area contributed by atoms with Gasteiger partial charge in [-0.1, -0.05) is 0 Å². The number of rotatable bonds is 6. The van der Waals surface area contributed by atoms with Crippen LogP contribution in [0.25, 0.3) is 0 Å². The molecule has 0 unspecified atom stereocenters. The van der Waals surface area contributed by atoms with Gasteiger partial charge in [0.15, 0.2) is 6.29 Å². The highest BCUT2D eigenvalue weighted by Crippen LogP contribution is 2.29. The molecule has 192 valence electrons. The van der Waals surface area contributed by atoms with E-state index in [9.17, 15) is 19.6 Å². The van der Waals surface area contributed by atoms with Crippen molar-refractivity contribution < 1.29 is 14.4 Å². The van der Waals surface area contributed by atoms with Crippen LogP contribution in [0.1, 0.15) is 33.6 Å². The van der Waals surface area contributed by atoms with E-state index in [0.29, 0.717) is 67.0 Å². The first-order valence-corrected chi connectivity index (χ1v) is 13.4. The number of likely N-dealkylation sites (N-methyl/N-ethyl adjacent to an activating group) is 1. The lowest BCUT2D eigenvalue weighted by molar-refractivity contribution is -0.136. The highest BCUT2D eigenvalue weighted by Gasteiger charge is 2.28. The van der Waals surface area contributed by atoms with Crippen LogP contribution >= 0.6 is 11.8 Å². The van der Waals surface area contributed by atoms with Crippen molar-refractivity contribution in [2.24, 2.45) is 0 Å². The van der Waals surface area contributed by atoms with E-state index in [4.69, 9.17) is 0 Å². The number of pyridine rings is 2. The molecule has 2 aromatic heterocycles. The highest BCUT2D eigenvalue weighted by atomic mass is 32.2. The van der Waals surface area contributed by atoms with E-state index < -0.39 is 6.03 Å². The van der Waals surface area contributed by atoms with Crippen molar-refractivity contribution in [1.82, 2.24) is 19.8 Å². The number of fused-ring (bicyclic) bond motifs is 1. The number of nitrogens with one attached hydrogen (secondary N) is 2. The maximum atomic E-state index is 13.3. The second kappa shape index (κ2) is 10.7. The third-order valence-corrected chi connectivity index (χ3v) is 8.04. The topological polar surface area (TPSA) is 135 Å². The van der Waals surface area contributed by atoms with Gasteiger partial charge in [-0.2, -0.15) is 17.0 Å². The molecule has 0 aromatic carbocycles. The average molecular weight is 521 g/mol. The summed E-state index contributed by atoms with van der Waals surface area (Å²) in [6.07, 6.45) is 3.59. The van der Waals surface area contributed by atoms with E-state index in [1.165, 1.54) is 11.1 Å². The summed E-state index contributed by atoms with van der Waals surface area (Å²) in [4.78, 5) is 51.7. The zero-order chi connectivity index (χ0) is 25.9. The van der Waals surface area contributed by atoms with Gasteiger partial charge in [-0.3, -0.25) is 24.7 Å². The molecule has 3 amide bonds. The van der Waals surface area contributed by atoms with Crippen LogP contribution in [0.4, 0.5) is 22.1 Å². The number of urea groups is 1. The Hall–Kier alpha value is -3.69. The summed E-state index contributed by atoms with van der Waals surface area (Å²) in [5, 5.41) is 15.6. The zero-order valence-corrected chi connectivity index (χ0v) is 21.4. The minimum absolute atomic E-state index is 0.0177. The number of piperazine rings is 1. The number of anilines is 3. The maximum absolute atomic E-state index is 13.3. The van der Waals surface area contributed by atoms with Crippen LogP contribution in [-0.2, 0) is 17.8 Å². The van der Waals surface area contributed by atoms with E-state index in [1.807, 2.05) is 29.8 Å². The molecule has 0 bridgehead atoms. The van der Waals surface area contributed by atoms with Gasteiger partial charge in [-0.15, -0.1) is 0 Å². The van der Waals surface area contributed by atoms with Crippen LogP contribution in [0.5, 0.6) is 0 Å². The van der Waals surface area contributed by atoms with Gasteiger partial charge in [0.2, 0.25) is 5.91 Å². The Morgan fingerprint density at radius 3 is 2.84 bits per heavy atom. The number of carbonyl (C=O) groups is 3. The summed E-state index contributed by atoms with van der Waals surface area (Å²) in [6, 6.07) is 5.59. The first-order chi connectivity index (χ1) is 17.9. The molecule has 0 aliphatic carbocycles. The minimum Gasteiger partial charge on any atom is -0.379 e. The van der Waals surface area contributed by atoms with E-state index in [-0.39, 0.29) is 11.6 Å². The Balaban J connectivity index is 1.35. The molecule has 0 spiro atoms. The van der Waals surface area contributed by atoms with Crippen molar-refractivity contribution in [3.8, 4) is 6.07 Å². The molecular formula is C25H28N8O3S. The fourth-order valence-corrected chi connectivity index (χ4v) is 5.27. The molecule has 3 aliphatic heterocycles. The Morgan fingerprint density at radius 1 is 1.30 bits per heavy atom. The predicted octanol–water partition coefficient (Wildman–Crippen LogP) is 1.95. The predicted molar refractivity (Wildman–Crippen MR) is 141 cm³/mol. The van der Waals surface area contributed by atoms with Crippen LogP contribution in [0.3, 0.4) is 0 Å². The fourth-order valence-electron chi connectivity index (χ4n) is 4.63. The van der Waals surface area contributed by atoms with Gasteiger partial charge in [0, 0.05) is 61.6 Å². The van der Waals surface area contributed by atoms with Gasteiger partial charge in [-0.05, 0) is 31.5 Å². The molecule has 0 atom stereocenters. The van der Waals surface area contributed by atoms with Crippen LogP contribution in [0, 0.1) is 11.3 Å². The molecule has 5 rings (SSSR count). The van der Waals surface area contributed by atoms with Gasteiger partial charge in [0.1, 0.15) is 23.4 Å². The number of aryl methyl sites for hydroxylation is 1. The molecule has 2 N–H and O–H groups in total. The molecule has 2 saturated heterocycles. The fraction of sp³-hybridized carbons (Fsp3) is 0.440. The Kier molecular flexibility index (Phi) is 7.25. The van der Waals surface area contributed by atoms with Crippen molar-refractivity contribution in [1.29, 1.82) is 5.26 Å². The standard InChI is InChI=1S/C25H28N8O3S/c1-31-5-6-32(23(35)12-31)11-17-7-16-3-2-4-33(24(16)29-21(17)13-34)25(36)30-22-8-20(18(9-26)10-27-22)28-19-14-37-15-19/h7-8,10,13,19H,2-6,11-12,14-15H2,1H3,(H2,27,28,30,36).